The number of imidazole rings is 4. The van der Waals surface area contributed by atoms with E-state index in [1.54, 1.807) is 0 Å². The van der Waals surface area contributed by atoms with Gasteiger partial charge < -0.3 is 0 Å². The molecule has 4 aromatic carbocycles. The van der Waals surface area contributed by atoms with Gasteiger partial charge in [-0.2, -0.15) is 0 Å². The third-order valence-corrected chi connectivity index (χ3v) is 11.3. The number of para-hydroxylation sites is 8. The van der Waals surface area contributed by atoms with Crippen molar-refractivity contribution in [3.63, 3.8) is 0 Å². The fraction of sp³-hybridized carbons (Fsp3) is 0.364. The molecule has 8 heteroatoms. The summed E-state index contributed by atoms with van der Waals surface area (Å²) in [4.78, 5) is 0. The maximum Gasteiger partial charge on any atom is 0.244 e. The fourth-order valence-corrected chi connectivity index (χ4v) is 8.65. The van der Waals surface area contributed by atoms with Gasteiger partial charge in [-0.25, -0.2) is 36.5 Å². The predicted octanol–water partition coefficient (Wildman–Crippen LogP) is 6.89. The van der Waals surface area contributed by atoms with Gasteiger partial charge in [0.25, 0.3) is 0 Å². The van der Waals surface area contributed by atoms with Gasteiger partial charge in [0.2, 0.25) is 25.3 Å². The smallest absolute Gasteiger partial charge is 0.230 e. The number of hydrogen-bond acceptors (Lipinski definition) is 0. The lowest BCUT2D eigenvalue weighted by Gasteiger charge is -2.00. The zero-order valence-electron chi connectivity index (χ0n) is 30.4. The van der Waals surface area contributed by atoms with Crippen LogP contribution >= 0.6 is 0 Å². The zero-order valence-corrected chi connectivity index (χ0v) is 30.4. The molecule has 0 N–H and O–H groups in total. The van der Waals surface area contributed by atoms with Gasteiger partial charge in [-0.3, -0.25) is 0 Å². The molecule has 8 aromatic rings. The van der Waals surface area contributed by atoms with E-state index in [0.717, 1.165) is 104 Å². The van der Waals surface area contributed by atoms with Crippen LogP contribution in [0.2, 0.25) is 0 Å². The van der Waals surface area contributed by atoms with Crippen molar-refractivity contribution < 1.29 is 18.3 Å². The maximum atomic E-state index is 2.48. The fourth-order valence-electron chi connectivity index (χ4n) is 8.65. The van der Waals surface area contributed by atoms with E-state index in [4.69, 9.17) is 0 Å². The van der Waals surface area contributed by atoms with Gasteiger partial charge in [0.05, 0.1) is 52.4 Å². The normalized spacial score (nSPS) is 16.0. The Morgan fingerprint density at radius 1 is 0.288 bits per heavy atom. The van der Waals surface area contributed by atoms with E-state index in [0.29, 0.717) is 0 Å². The zero-order chi connectivity index (χ0) is 34.7. The van der Waals surface area contributed by atoms with E-state index in [1.165, 1.54) is 44.1 Å². The largest absolute Gasteiger partial charge is 0.244 e. The average Bonchev–Trinajstić information content (AvgIpc) is 3.93. The van der Waals surface area contributed by atoms with Gasteiger partial charge in [-0.1, -0.05) is 48.5 Å². The van der Waals surface area contributed by atoms with Crippen LogP contribution in [0.25, 0.3) is 44.1 Å². The van der Waals surface area contributed by atoms with Gasteiger partial charge >= 0.3 is 0 Å². The summed E-state index contributed by atoms with van der Waals surface area (Å²) in [5.41, 5.74) is 10.7. The van der Waals surface area contributed by atoms with E-state index >= 15 is 0 Å². The average molecular weight is 693 g/mol. The maximum absolute atomic E-state index is 2.48. The highest BCUT2D eigenvalue weighted by Gasteiger charge is 2.20. The van der Waals surface area contributed by atoms with E-state index in [1.807, 2.05) is 0 Å². The van der Waals surface area contributed by atoms with Crippen molar-refractivity contribution in [1.29, 1.82) is 0 Å². The summed E-state index contributed by atoms with van der Waals surface area (Å²) in [6, 6.07) is 35.8. The van der Waals surface area contributed by atoms with Crippen LogP contribution in [0.1, 0.15) is 51.4 Å². The van der Waals surface area contributed by atoms with Crippen molar-refractivity contribution in [1.82, 2.24) is 18.3 Å². The van der Waals surface area contributed by atoms with Crippen LogP contribution in [0.3, 0.4) is 0 Å². The van der Waals surface area contributed by atoms with Crippen LogP contribution < -0.4 is 18.3 Å². The second-order valence-electron chi connectivity index (χ2n) is 14.8. The molecule has 0 amide bonds. The first-order valence-electron chi connectivity index (χ1n) is 19.7. The molecule has 0 atom stereocenters. The molecule has 0 fully saturated rings. The third-order valence-electron chi connectivity index (χ3n) is 11.3. The summed E-state index contributed by atoms with van der Waals surface area (Å²) in [5, 5.41) is 0. The van der Waals surface area contributed by atoms with Crippen molar-refractivity contribution in [3.8, 4) is 0 Å². The number of aryl methyl sites for hydroxylation is 8. The molecule has 0 aliphatic carbocycles. The van der Waals surface area contributed by atoms with E-state index in [9.17, 15) is 0 Å². The Kier molecular flexibility index (Phi) is 9.28. The number of fused-ring (bicyclic) bond motifs is 20. The second kappa shape index (κ2) is 14.8. The van der Waals surface area contributed by atoms with Crippen molar-refractivity contribution in [3.05, 3.63) is 122 Å². The lowest BCUT2D eigenvalue weighted by Crippen LogP contribution is -2.35. The summed E-state index contributed by atoms with van der Waals surface area (Å²) in [5.74, 6) is 0. The van der Waals surface area contributed by atoms with Crippen LogP contribution in [0.15, 0.2) is 122 Å². The SMILES string of the molecule is c1ccc2c(c1)n1c[n+]2CCCCn2c[n+](c3ccccc32)CCCC[n+]2cn(c3ccccc32)CCCC[n+]2cn(c3ccccc32)CCCC1. The molecule has 52 heavy (non-hydrogen) atoms. The molecule has 1 aliphatic heterocycles. The van der Waals surface area contributed by atoms with E-state index in [-0.39, 0.29) is 0 Å². The monoisotopic (exact) mass is 692 g/mol. The Morgan fingerprint density at radius 3 is 0.808 bits per heavy atom. The lowest BCUT2D eigenvalue weighted by atomic mass is 10.2. The molecule has 264 valence electrons. The minimum absolute atomic E-state index is 1.04. The van der Waals surface area contributed by atoms with Crippen molar-refractivity contribution in [2.75, 3.05) is 0 Å². The summed E-state index contributed by atoms with van der Waals surface area (Å²) < 4.78 is 19.9. The third kappa shape index (κ3) is 6.51. The van der Waals surface area contributed by atoms with Crippen LogP contribution in [-0.4, -0.2) is 18.3 Å². The molecule has 0 saturated carbocycles. The summed E-state index contributed by atoms with van der Waals surface area (Å²) >= 11 is 0. The van der Waals surface area contributed by atoms with E-state index < -0.39 is 0 Å². The number of nitrogens with zero attached hydrogens (tertiary/aromatic N) is 8. The lowest BCUT2D eigenvalue weighted by molar-refractivity contribution is -0.684. The molecule has 0 saturated heterocycles. The molecule has 8 bridgehead atoms. The minimum atomic E-state index is 1.04. The molecule has 0 unspecified atom stereocenters. The predicted molar refractivity (Wildman–Crippen MR) is 205 cm³/mol. The molecule has 9 rings (SSSR count). The van der Waals surface area contributed by atoms with Crippen molar-refractivity contribution in [2.24, 2.45) is 0 Å². The Balaban J connectivity index is 0.971. The molecule has 1 aliphatic rings. The number of benzene rings is 4. The number of hydrogen-bond donors (Lipinski definition) is 0. The topological polar surface area (TPSA) is 35.2 Å². The van der Waals surface area contributed by atoms with Crippen molar-refractivity contribution in [2.45, 2.75) is 104 Å². The molecule has 4 aromatic heterocycles. The van der Waals surface area contributed by atoms with Gasteiger partial charge in [0, 0.05) is 0 Å². The molecular formula is C44H52N8+4. The van der Waals surface area contributed by atoms with E-state index in [2.05, 4.69) is 159 Å². The standard InChI is InChI=1S/C44H52N8/c1-2-18-38-37(17-1)45-25-9-10-27-47-34-49(40-20-4-3-19-39(40)47)29-13-14-31-51-36-52(44-24-8-7-23-43(44)51)32-16-15-30-50-35-48(28-12-11-26-46(38)33-45)41-21-5-6-22-42(41)50/h1-8,17-24,33-36H,9-16,25-32H2/q+4. The minimum Gasteiger partial charge on any atom is -0.230 e. The summed E-state index contributed by atoms with van der Waals surface area (Å²) in [6.45, 7) is 8.30. The van der Waals surface area contributed by atoms with Gasteiger partial charge in [0.1, 0.15) is 0 Å². The molecule has 8 nitrogen and oxygen atoms in total. The second-order valence-corrected chi connectivity index (χ2v) is 14.8. The molecule has 0 radical (unpaired) electrons. The highest BCUT2D eigenvalue weighted by Crippen LogP contribution is 2.17. The Morgan fingerprint density at radius 2 is 0.519 bits per heavy atom. The Hall–Kier alpha value is -5.24. The molecule has 5 heterocycles. The Bertz CT molecular complexity index is 1950. The first-order valence-corrected chi connectivity index (χ1v) is 19.7. The van der Waals surface area contributed by atoms with Crippen LogP contribution in [-0.2, 0) is 52.4 Å². The van der Waals surface area contributed by atoms with Crippen LogP contribution in [0.5, 0.6) is 0 Å². The number of rotatable bonds is 0. The Labute approximate surface area is 306 Å². The van der Waals surface area contributed by atoms with Gasteiger partial charge in [-0.05, 0) is 99.9 Å². The van der Waals surface area contributed by atoms with Gasteiger partial charge in [-0.15, -0.1) is 0 Å². The first-order chi connectivity index (χ1) is 25.8. The first kappa shape index (κ1) is 32.7. The van der Waals surface area contributed by atoms with Crippen LogP contribution in [0.4, 0.5) is 0 Å². The molecule has 0 spiro atoms. The summed E-state index contributed by atoms with van der Waals surface area (Å²) in [7, 11) is 0. The van der Waals surface area contributed by atoms with Crippen LogP contribution in [0, 0.1) is 0 Å². The highest BCUT2D eigenvalue weighted by atomic mass is 15.2. The quantitative estimate of drug-likeness (QED) is 0.155. The van der Waals surface area contributed by atoms with Gasteiger partial charge in [0.15, 0.2) is 44.1 Å². The number of aromatic nitrogens is 8. The molecular weight excluding hydrogens is 641 g/mol. The van der Waals surface area contributed by atoms with Crippen molar-refractivity contribution >= 4 is 44.1 Å². The summed E-state index contributed by atoms with van der Waals surface area (Å²) in [6.07, 6.45) is 18.7. The highest BCUT2D eigenvalue weighted by molar-refractivity contribution is 5.73.